The van der Waals surface area contributed by atoms with Crippen LogP contribution < -0.4 is 4.84 Å². The van der Waals surface area contributed by atoms with Crippen molar-refractivity contribution in [1.82, 2.24) is 20.1 Å². The summed E-state index contributed by atoms with van der Waals surface area (Å²) in [5.74, 6) is 0. The van der Waals surface area contributed by atoms with E-state index >= 15 is 0 Å². The number of benzene rings is 1. The van der Waals surface area contributed by atoms with Crippen LogP contribution in [0.25, 0.3) is 11.0 Å². The van der Waals surface area contributed by atoms with Crippen LogP contribution in [-0.2, 0) is 0 Å². The highest BCUT2D eigenvalue weighted by Gasteiger charge is 2.03. The minimum Gasteiger partial charge on any atom is -0.394 e. The van der Waals surface area contributed by atoms with Crippen molar-refractivity contribution < 1.29 is 4.84 Å². The Bertz CT molecular complexity index is 438. The molecule has 80 valence electrons. The van der Waals surface area contributed by atoms with Crippen LogP contribution in [0.4, 0.5) is 0 Å². The van der Waals surface area contributed by atoms with Crippen LogP contribution >= 0.6 is 0 Å². The molecule has 0 N–H and O–H groups in total. The fourth-order valence-electron chi connectivity index (χ4n) is 1.25. The molecule has 0 aliphatic carbocycles. The molecule has 0 bridgehead atoms. The lowest BCUT2D eigenvalue weighted by Crippen LogP contribution is -2.24. The minimum absolute atomic E-state index is 0.598. The molecule has 0 unspecified atom stereocenters. The van der Waals surface area contributed by atoms with E-state index in [1.165, 1.54) is 4.85 Å². The van der Waals surface area contributed by atoms with Gasteiger partial charge in [0.1, 0.15) is 17.6 Å². The zero-order chi connectivity index (χ0) is 10.7. The van der Waals surface area contributed by atoms with Gasteiger partial charge in [-0.3, -0.25) is 0 Å². The predicted octanol–water partition coefficient (Wildman–Crippen LogP) is 0.421. The molecular weight excluding hydrogens is 192 g/mol. The number of para-hydroxylation sites is 1. The summed E-state index contributed by atoms with van der Waals surface area (Å²) in [6.45, 7) is 1.45. The monoisotopic (exact) mass is 206 g/mol. The number of hydrogen-bond donors (Lipinski definition) is 0. The van der Waals surface area contributed by atoms with Crippen molar-refractivity contribution in [3.05, 3.63) is 24.3 Å². The fraction of sp³-hybridized carbons (Fsp3) is 0.400. The summed E-state index contributed by atoms with van der Waals surface area (Å²) in [7, 11) is 4.01. The van der Waals surface area contributed by atoms with Gasteiger partial charge in [0.15, 0.2) is 0 Å². The molecule has 0 aliphatic rings. The number of aromatic nitrogens is 3. The normalized spacial score (nSPS) is 11.1. The highest BCUT2D eigenvalue weighted by atomic mass is 16.7. The molecule has 2 aromatic rings. The minimum atomic E-state index is 0.598. The van der Waals surface area contributed by atoms with Gasteiger partial charge in [-0.2, -0.15) is 0 Å². The van der Waals surface area contributed by atoms with Gasteiger partial charge in [-0.05, 0) is 31.4 Å². The van der Waals surface area contributed by atoms with Crippen LogP contribution in [0, 0.1) is 0 Å². The van der Waals surface area contributed by atoms with Gasteiger partial charge in [0.2, 0.25) is 0 Å². The second kappa shape index (κ2) is 4.27. The van der Waals surface area contributed by atoms with Gasteiger partial charge >= 0.3 is 0 Å². The first-order valence-electron chi connectivity index (χ1n) is 4.86. The Morgan fingerprint density at radius 2 is 2.13 bits per heavy atom. The molecule has 5 nitrogen and oxygen atoms in total. The average Bonchev–Trinajstić information content (AvgIpc) is 2.62. The van der Waals surface area contributed by atoms with Crippen molar-refractivity contribution in [2.24, 2.45) is 0 Å². The van der Waals surface area contributed by atoms with Crippen LogP contribution in [0.5, 0.6) is 0 Å². The lowest BCUT2D eigenvalue weighted by molar-refractivity contribution is 0.0764. The second-order valence-corrected chi connectivity index (χ2v) is 3.59. The Kier molecular flexibility index (Phi) is 2.82. The highest BCUT2D eigenvalue weighted by molar-refractivity contribution is 5.73. The lowest BCUT2D eigenvalue weighted by atomic mass is 10.3. The largest absolute Gasteiger partial charge is 0.394 e. The van der Waals surface area contributed by atoms with Crippen molar-refractivity contribution in [3.8, 4) is 0 Å². The van der Waals surface area contributed by atoms with Crippen LogP contribution in [0.3, 0.4) is 0 Å². The Labute approximate surface area is 88.2 Å². The van der Waals surface area contributed by atoms with Crippen molar-refractivity contribution in [2.75, 3.05) is 27.2 Å². The third-order valence-corrected chi connectivity index (χ3v) is 2.07. The number of nitrogens with zero attached hydrogens (tertiary/aromatic N) is 4. The molecule has 0 amide bonds. The van der Waals surface area contributed by atoms with Crippen LogP contribution in [0.1, 0.15) is 0 Å². The summed E-state index contributed by atoms with van der Waals surface area (Å²) in [6, 6.07) is 7.72. The lowest BCUT2D eigenvalue weighted by Gasteiger charge is -2.09. The van der Waals surface area contributed by atoms with Crippen molar-refractivity contribution in [1.29, 1.82) is 0 Å². The molecule has 0 saturated carbocycles. The number of rotatable bonds is 4. The quantitative estimate of drug-likeness (QED) is 0.727. The molecule has 1 aromatic carbocycles. The van der Waals surface area contributed by atoms with Gasteiger partial charge in [-0.1, -0.05) is 17.0 Å². The zero-order valence-corrected chi connectivity index (χ0v) is 8.92. The molecule has 2 rings (SSSR count). The molecular formula is C10H14N4O. The maximum atomic E-state index is 5.47. The summed E-state index contributed by atoms with van der Waals surface area (Å²) >= 11 is 0. The van der Waals surface area contributed by atoms with Gasteiger partial charge in [-0.25, -0.2) is 0 Å². The Balaban J connectivity index is 2.08. The van der Waals surface area contributed by atoms with Crippen LogP contribution in [-0.4, -0.2) is 47.3 Å². The van der Waals surface area contributed by atoms with E-state index in [1.54, 1.807) is 0 Å². The van der Waals surface area contributed by atoms with Crippen LogP contribution in [0.15, 0.2) is 24.3 Å². The highest BCUT2D eigenvalue weighted by Crippen LogP contribution is 2.07. The first-order chi connectivity index (χ1) is 7.27. The molecule has 0 fully saturated rings. The molecule has 0 saturated heterocycles. The molecule has 5 heteroatoms. The summed E-state index contributed by atoms with van der Waals surface area (Å²) in [5.41, 5.74) is 1.75. The van der Waals surface area contributed by atoms with E-state index in [-0.39, 0.29) is 0 Å². The number of fused-ring (bicyclic) bond motifs is 1. The molecule has 0 aliphatic heterocycles. The smallest absolute Gasteiger partial charge is 0.130 e. The van der Waals surface area contributed by atoms with Crippen LogP contribution in [0.2, 0.25) is 0 Å². The van der Waals surface area contributed by atoms with E-state index in [0.29, 0.717) is 6.61 Å². The number of hydrogen-bond acceptors (Lipinski definition) is 4. The third kappa shape index (κ3) is 2.24. The van der Waals surface area contributed by atoms with E-state index in [2.05, 4.69) is 15.2 Å². The molecule has 15 heavy (non-hydrogen) atoms. The summed E-state index contributed by atoms with van der Waals surface area (Å²) in [6.07, 6.45) is 0. The molecule has 1 aromatic heterocycles. The molecule has 0 atom stereocenters. The standard InChI is InChI=1S/C10H14N4O/c1-13(2)7-8-15-14-10-6-4-3-5-9(10)11-12-14/h3-6H,7-8H2,1-2H3. The maximum absolute atomic E-state index is 5.47. The van der Waals surface area contributed by atoms with Gasteiger partial charge in [-0.15, -0.1) is 5.10 Å². The van der Waals surface area contributed by atoms with Crippen molar-refractivity contribution in [3.63, 3.8) is 0 Å². The van der Waals surface area contributed by atoms with E-state index in [0.717, 1.165) is 17.6 Å². The van der Waals surface area contributed by atoms with Gasteiger partial charge < -0.3 is 9.74 Å². The Hall–Kier alpha value is -1.62. The van der Waals surface area contributed by atoms with Gasteiger partial charge in [0.05, 0.1) is 0 Å². The average molecular weight is 206 g/mol. The Morgan fingerprint density at radius 1 is 1.33 bits per heavy atom. The van der Waals surface area contributed by atoms with Gasteiger partial charge in [0, 0.05) is 6.54 Å². The topological polar surface area (TPSA) is 43.2 Å². The fourth-order valence-corrected chi connectivity index (χ4v) is 1.25. The van der Waals surface area contributed by atoms with E-state index < -0.39 is 0 Å². The second-order valence-electron chi connectivity index (χ2n) is 3.59. The first kappa shape index (κ1) is 9.92. The summed E-state index contributed by atoms with van der Waals surface area (Å²) < 4.78 is 0. The SMILES string of the molecule is CN(C)CCOn1nnc2ccccc21. The van der Waals surface area contributed by atoms with E-state index in [1.807, 2.05) is 38.4 Å². The van der Waals surface area contributed by atoms with Crippen molar-refractivity contribution in [2.45, 2.75) is 0 Å². The first-order valence-corrected chi connectivity index (χ1v) is 4.86. The molecule has 0 radical (unpaired) electrons. The maximum Gasteiger partial charge on any atom is 0.130 e. The Morgan fingerprint density at radius 3 is 2.93 bits per heavy atom. The summed E-state index contributed by atoms with van der Waals surface area (Å²) in [4.78, 5) is 9.00. The van der Waals surface area contributed by atoms with Gasteiger partial charge in [0.25, 0.3) is 0 Å². The van der Waals surface area contributed by atoms with E-state index in [4.69, 9.17) is 4.84 Å². The zero-order valence-electron chi connectivity index (χ0n) is 8.92. The number of likely N-dealkylation sites (N-methyl/N-ethyl adjacent to an activating group) is 1. The van der Waals surface area contributed by atoms with E-state index in [9.17, 15) is 0 Å². The third-order valence-electron chi connectivity index (χ3n) is 2.07. The molecule has 0 spiro atoms. The molecule has 1 heterocycles. The predicted molar refractivity (Wildman–Crippen MR) is 57.5 cm³/mol. The van der Waals surface area contributed by atoms with Crippen molar-refractivity contribution >= 4 is 11.0 Å². The summed E-state index contributed by atoms with van der Waals surface area (Å²) in [5, 5.41) is 7.91.